The summed E-state index contributed by atoms with van der Waals surface area (Å²) in [4.78, 5) is 35.5. The molecular weight excluding hydrogens is 364 g/mol. The molecule has 140 valence electrons. The van der Waals surface area contributed by atoms with Crippen molar-refractivity contribution >= 4 is 34.2 Å². The molecule has 0 radical (unpaired) electrons. The van der Waals surface area contributed by atoms with Gasteiger partial charge in [-0.05, 0) is 35.9 Å². The average molecular weight is 378 g/mol. The summed E-state index contributed by atoms with van der Waals surface area (Å²) in [5, 5.41) is 10.9. The van der Waals surface area contributed by atoms with Crippen LogP contribution in [0.15, 0.2) is 48.5 Å². The van der Waals surface area contributed by atoms with Gasteiger partial charge in [0.2, 0.25) is 0 Å². The third kappa shape index (κ3) is 2.38. The number of pyridine rings is 1. The summed E-state index contributed by atoms with van der Waals surface area (Å²) in [6.07, 6.45) is 0. The quantitative estimate of drug-likeness (QED) is 0.305. The number of aromatic nitrogens is 1. The van der Waals surface area contributed by atoms with Gasteiger partial charge in [0.15, 0.2) is 0 Å². The summed E-state index contributed by atoms with van der Waals surface area (Å²) in [5.74, 6) is -1.31. The van der Waals surface area contributed by atoms with Crippen LogP contribution in [0.4, 0.5) is 5.69 Å². The molecule has 3 heterocycles. The SMILES string of the molecule is COC(=O)c1c(C(=O)OC)c2c(-c3ccc([N+](=O)[O-])cc3)cc3cccc1n32. The summed E-state index contributed by atoms with van der Waals surface area (Å²) >= 11 is 0. The van der Waals surface area contributed by atoms with Gasteiger partial charge < -0.3 is 13.9 Å². The number of benzene rings is 1. The monoisotopic (exact) mass is 378 g/mol. The molecule has 28 heavy (non-hydrogen) atoms. The van der Waals surface area contributed by atoms with Crippen LogP contribution in [0.1, 0.15) is 20.7 Å². The van der Waals surface area contributed by atoms with Crippen LogP contribution in [0.3, 0.4) is 0 Å². The number of hydrogen-bond donors (Lipinski definition) is 0. The first-order valence-corrected chi connectivity index (χ1v) is 8.29. The van der Waals surface area contributed by atoms with Gasteiger partial charge in [0.25, 0.3) is 5.69 Å². The van der Waals surface area contributed by atoms with Gasteiger partial charge in [0.1, 0.15) is 11.1 Å². The minimum Gasteiger partial charge on any atom is -0.465 e. The van der Waals surface area contributed by atoms with Crippen LogP contribution < -0.4 is 0 Å². The zero-order valence-electron chi connectivity index (χ0n) is 15.0. The average Bonchev–Trinajstić information content (AvgIpc) is 3.27. The zero-order chi connectivity index (χ0) is 20.0. The number of esters is 2. The highest BCUT2D eigenvalue weighted by Gasteiger charge is 2.30. The number of nitrogens with zero attached hydrogens (tertiary/aromatic N) is 2. The van der Waals surface area contributed by atoms with Gasteiger partial charge in [0.05, 0.1) is 30.2 Å². The van der Waals surface area contributed by atoms with Crippen molar-refractivity contribution in [1.29, 1.82) is 0 Å². The van der Waals surface area contributed by atoms with Gasteiger partial charge in [-0.25, -0.2) is 9.59 Å². The Kier molecular flexibility index (Phi) is 3.96. The number of rotatable bonds is 4. The van der Waals surface area contributed by atoms with E-state index in [-0.39, 0.29) is 16.8 Å². The largest absolute Gasteiger partial charge is 0.465 e. The topological polar surface area (TPSA) is 100 Å². The molecule has 0 aliphatic heterocycles. The van der Waals surface area contributed by atoms with E-state index in [0.29, 0.717) is 22.2 Å². The first-order chi connectivity index (χ1) is 13.5. The molecule has 4 rings (SSSR count). The first kappa shape index (κ1) is 17.5. The Morgan fingerprint density at radius 2 is 1.61 bits per heavy atom. The molecule has 0 N–H and O–H groups in total. The highest BCUT2D eigenvalue weighted by molar-refractivity contribution is 6.17. The maximum absolute atomic E-state index is 12.6. The van der Waals surface area contributed by atoms with E-state index >= 15 is 0 Å². The zero-order valence-corrected chi connectivity index (χ0v) is 15.0. The summed E-state index contributed by atoms with van der Waals surface area (Å²) < 4.78 is 11.6. The molecule has 0 aliphatic rings. The van der Waals surface area contributed by atoms with Gasteiger partial charge in [-0.2, -0.15) is 0 Å². The van der Waals surface area contributed by atoms with Crippen LogP contribution in [0.25, 0.3) is 27.7 Å². The molecule has 0 spiro atoms. The van der Waals surface area contributed by atoms with Crippen LogP contribution in [-0.4, -0.2) is 35.5 Å². The summed E-state index contributed by atoms with van der Waals surface area (Å²) in [5.41, 5.74) is 3.29. The van der Waals surface area contributed by atoms with E-state index in [1.165, 1.54) is 26.4 Å². The predicted octanol–water partition coefficient (Wildman–Crippen LogP) is 3.68. The Hall–Kier alpha value is -3.94. The summed E-state index contributed by atoms with van der Waals surface area (Å²) in [6, 6.07) is 13.2. The van der Waals surface area contributed by atoms with Crippen molar-refractivity contribution in [1.82, 2.24) is 4.40 Å². The lowest BCUT2D eigenvalue weighted by molar-refractivity contribution is -0.384. The van der Waals surface area contributed by atoms with Gasteiger partial charge in [-0.1, -0.05) is 6.07 Å². The Balaban J connectivity index is 2.10. The van der Waals surface area contributed by atoms with Crippen LogP contribution in [0, 0.1) is 10.1 Å². The van der Waals surface area contributed by atoms with Gasteiger partial charge in [-0.3, -0.25) is 10.1 Å². The number of nitro benzene ring substituents is 1. The van der Waals surface area contributed by atoms with Crippen molar-refractivity contribution in [2.45, 2.75) is 0 Å². The number of ether oxygens (including phenoxy) is 2. The number of nitro groups is 1. The lowest BCUT2D eigenvalue weighted by Crippen LogP contribution is -2.10. The number of hydrogen-bond acceptors (Lipinski definition) is 6. The molecule has 1 aromatic carbocycles. The second-order valence-electron chi connectivity index (χ2n) is 6.12. The molecule has 0 amide bonds. The number of methoxy groups -OCH3 is 2. The fourth-order valence-electron chi connectivity index (χ4n) is 3.51. The maximum atomic E-state index is 12.6. The smallest absolute Gasteiger partial charge is 0.340 e. The molecule has 3 aromatic heterocycles. The van der Waals surface area contributed by atoms with Crippen LogP contribution in [-0.2, 0) is 9.47 Å². The van der Waals surface area contributed by atoms with E-state index in [2.05, 4.69) is 0 Å². The third-order valence-corrected chi connectivity index (χ3v) is 4.70. The summed E-state index contributed by atoms with van der Waals surface area (Å²) in [6.45, 7) is 0. The molecule has 0 saturated carbocycles. The lowest BCUT2D eigenvalue weighted by atomic mass is 10.0. The van der Waals surface area contributed by atoms with Gasteiger partial charge in [0, 0.05) is 23.2 Å². The lowest BCUT2D eigenvalue weighted by Gasteiger charge is -2.04. The molecule has 0 aliphatic carbocycles. The Morgan fingerprint density at radius 3 is 2.21 bits per heavy atom. The minimum absolute atomic E-state index is 0.0383. The van der Waals surface area contributed by atoms with Crippen molar-refractivity contribution in [3.05, 3.63) is 69.8 Å². The predicted molar refractivity (Wildman–Crippen MR) is 101 cm³/mol. The van der Waals surface area contributed by atoms with Crippen LogP contribution in [0.2, 0.25) is 0 Å². The fourth-order valence-corrected chi connectivity index (χ4v) is 3.51. The van der Waals surface area contributed by atoms with E-state index in [1.54, 1.807) is 28.7 Å². The molecule has 0 atom stereocenters. The van der Waals surface area contributed by atoms with Crippen molar-refractivity contribution in [2.75, 3.05) is 14.2 Å². The summed E-state index contributed by atoms with van der Waals surface area (Å²) in [7, 11) is 2.48. The van der Waals surface area contributed by atoms with Gasteiger partial charge >= 0.3 is 11.9 Å². The molecule has 0 saturated heterocycles. The number of carbonyl (C=O) groups is 2. The van der Waals surface area contributed by atoms with Gasteiger partial charge in [-0.15, -0.1) is 0 Å². The number of non-ortho nitro benzene ring substituents is 1. The normalized spacial score (nSPS) is 11.1. The molecule has 0 bridgehead atoms. The van der Waals surface area contributed by atoms with Crippen molar-refractivity contribution in [2.24, 2.45) is 0 Å². The Bertz CT molecular complexity index is 1240. The van der Waals surface area contributed by atoms with E-state index in [4.69, 9.17) is 9.47 Å². The van der Waals surface area contributed by atoms with E-state index in [1.807, 2.05) is 12.1 Å². The Labute approximate surface area is 158 Å². The Morgan fingerprint density at radius 1 is 0.964 bits per heavy atom. The van der Waals surface area contributed by atoms with E-state index < -0.39 is 16.9 Å². The fraction of sp³-hybridized carbons (Fsp3) is 0.100. The molecule has 0 unspecified atom stereocenters. The molecule has 0 fully saturated rings. The highest BCUT2D eigenvalue weighted by Crippen LogP contribution is 2.38. The van der Waals surface area contributed by atoms with E-state index in [9.17, 15) is 19.7 Å². The second-order valence-corrected chi connectivity index (χ2v) is 6.12. The van der Waals surface area contributed by atoms with Crippen molar-refractivity contribution in [3.63, 3.8) is 0 Å². The first-order valence-electron chi connectivity index (χ1n) is 8.29. The molecular formula is C20H14N2O6. The highest BCUT2D eigenvalue weighted by atomic mass is 16.6. The third-order valence-electron chi connectivity index (χ3n) is 4.70. The minimum atomic E-state index is -0.667. The molecule has 8 heteroatoms. The van der Waals surface area contributed by atoms with E-state index in [0.717, 1.165) is 5.52 Å². The van der Waals surface area contributed by atoms with Crippen molar-refractivity contribution < 1.29 is 24.0 Å². The van der Waals surface area contributed by atoms with Crippen LogP contribution in [0.5, 0.6) is 0 Å². The number of carbonyl (C=O) groups excluding carboxylic acids is 2. The maximum Gasteiger partial charge on any atom is 0.340 e. The second kappa shape index (κ2) is 6.34. The molecule has 8 nitrogen and oxygen atoms in total. The molecule has 4 aromatic rings. The van der Waals surface area contributed by atoms with Crippen LogP contribution >= 0.6 is 0 Å². The van der Waals surface area contributed by atoms with Crippen molar-refractivity contribution in [3.8, 4) is 11.1 Å². The standard InChI is InChI=1S/C20H14N2O6/c1-27-19(23)16-15-5-3-4-13-10-14(11-6-8-12(9-7-11)22(25)26)18(21(13)15)17(16)20(24)28-2/h3-10H,1-2H3.